The highest BCUT2D eigenvalue weighted by atomic mass is 35.5. The van der Waals surface area contributed by atoms with Crippen LogP contribution in [0.2, 0.25) is 10.0 Å². The third-order valence-corrected chi connectivity index (χ3v) is 6.53. The van der Waals surface area contributed by atoms with Gasteiger partial charge in [-0.25, -0.2) is 8.42 Å². The Hall–Kier alpha value is -2.00. The van der Waals surface area contributed by atoms with Gasteiger partial charge in [-0.15, -0.1) is 16.7 Å². The fourth-order valence-electron chi connectivity index (χ4n) is 3.17. The summed E-state index contributed by atoms with van der Waals surface area (Å²) >= 11 is 18.5. The zero-order valence-electron chi connectivity index (χ0n) is 18.3. The number of rotatable bonds is 10. The number of benzene rings is 2. The summed E-state index contributed by atoms with van der Waals surface area (Å²) in [4.78, 5) is 0. The van der Waals surface area contributed by atoms with E-state index in [1.165, 1.54) is 0 Å². The summed E-state index contributed by atoms with van der Waals surface area (Å²) in [6.45, 7) is 4.46. The molecule has 0 radical (unpaired) electrons. The molecule has 0 saturated carbocycles. The van der Waals surface area contributed by atoms with Crippen LogP contribution in [-0.4, -0.2) is 37.5 Å². The Kier molecular flexibility index (Phi) is 8.16. The van der Waals surface area contributed by atoms with E-state index in [1.54, 1.807) is 0 Å². The molecule has 0 atom stereocenters. The molecule has 0 aliphatic carbocycles. The lowest BCUT2D eigenvalue weighted by atomic mass is 9.78. The van der Waals surface area contributed by atoms with Crippen LogP contribution in [0, 0.1) is 0 Å². The Morgan fingerprint density at radius 3 is 2.24 bits per heavy atom. The average molecular weight is 534 g/mol. The van der Waals surface area contributed by atoms with E-state index < -0.39 is 15.3 Å². The van der Waals surface area contributed by atoms with Crippen LogP contribution in [0.5, 0.6) is 11.5 Å². The van der Waals surface area contributed by atoms with Crippen molar-refractivity contribution in [3.63, 3.8) is 0 Å². The first-order valence-corrected chi connectivity index (χ1v) is 13.3. The average Bonchev–Trinajstić information content (AvgIpc) is 3.17. The van der Waals surface area contributed by atoms with Gasteiger partial charge in [-0.3, -0.25) is 0 Å². The van der Waals surface area contributed by atoms with Crippen molar-refractivity contribution >= 4 is 44.6 Å². The molecular weight excluding hydrogens is 511 g/mol. The van der Waals surface area contributed by atoms with Crippen LogP contribution in [0.3, 0.4) is 0 Å². The Morgan fingerprint density at radius 2 is 1.67 bits per heavy atom. The standard InChI is InChI=1S/C22H23Cl3N2O5S/c1-22(2,15-10-17(24)21(18(25)11-15)30-9-8-23)14-4-6-16(7-5-14)31-12-19-20(32-27-26-19)13-33(3,28)29/h4-7,10-11H,8-9,12-13H2,1-3H3. The molecule has 0 bridgehead atoms. The topological polar surface area (TPSA) is 91.5 Å². The summed E-state index contributed by atoms with van der Waals surface area (Å²) in [6.07, 6.45) is 1.11. The summed E-state index contributed by atoms with van der Waals surface area (Å²) in [7, 11) is -3.28. The first-order valence-electron chi connectivity index (χ1n) is 9.90. The normalized spacial score (nSPS) is 12.1. The fraction of sp³-hybridized carbons (Fsp3) is 0.364. The van der Waals surface area contributed by atoms with Gasteiger partial charge in [0.15, 0.2) is 21.3 Å². The van der Waals surface area contributed by atoms with E-state index in [-0.39, 0.29) is 18.1 Å². The third kappa shape index (κ3) is 6.53. The Labute approximate surface area is 207 Å². The molecule has 1 heterocycles. The van der Waals surface area contributed by atoms with E-state index in [2.05, 4.69) is 24.2 Å². The van der Waals surface area contributed by atoms with Gasteiger partial charge in [0, 0.05) is 16.9 Å². The summed E-state index contributed by atoms with van der Waals surface area (Å²) in [5, 5.41) is 8.07. The molecule has 3 rings (SSSR count). The van der Waals surface area contributed by atoms with Gasteiger partial charge in [-0.05, 0) is 35.4 Å². The molecule has 33 heavy (non-hydrogen) atoms. The number of ether oxygens (including phenoxy) is 2. The molecule has 0 fully saturated rings. The van der Waals surface area contributed by atoms with E-state index in [9.17, 15) is 8.42 Å². The number of hydrogen-bond donors (Lipinski definition) is 0. The summed E-state index contributed by atoms with van der Waals surface area (Å²) in [5.41, 5.74) is 1.86. The van der Waals surface area contributed by atoms with Gasteiger partial charge in [-0.1, -0.05) is 49.2 Å². The van der Waals surface area contributed by atoms with Gasteiger partial charge in [0.2, 0.25) is 0 Å². The number of hydrogen-bond acceptors (Lipinski definition) is 7. The number of nitrogens with zero attached hydrogens (tertiary/aromatic N) is 2. The molecule has 178 valence electrons. The minimum atomic E-state index is -3.28. The van der Waals surface area contributed by atoms with Crippen LogP contribution in [0.15, 0.2) is 40.9 Å². The summed E-state index contributed by atoms with van der Waals surface area (Å²) in [6, 6.07) is 11.2. The van der Waals surface area contributed by atoms with Crippen molar-refractivity contribution in [3.8, 4) is 11.5 Å². The maximum Gasteiger partial charge on any atom is 0.178 e. The van der Waals surface area contributed by atoms with Crippen molar-refractivity contribution in [3.05, 3.63) is 69.0 Å². The van der Waals surface area contributed by atoms with E-state index in [0.717, 1.165) is 17.4 Å². The summed E-state index contributed by atoms with van der Waals surface area (Å²) in [5.74, 6) is 1.22. The Bertz CT molecular complexity index is 1190. The second-order valence-corrected chi connectivity index (χ2v) is 11.3. The predicted molar refractivity (Wildman–Crippen MR) is 128 cm³/mol. The smallest absolute Gasteiger partial charge is 0.178 e. The molecule has 0 spiro atoms. The quantitative estimate of drug-likeness (QED) is 0.320. The van der Waals surface area contributed by atoms with Gasteiger partial charge >= 0.3 is 0 Å². The molecule has 0 unspecified atom stereocenters. The molecule has 1 aromatic heterocycles. The molecule has 2 aromatic carbocycles. The molecule has 0 amide bonds. The number of alkyl halides is 1. The zero-order valence-corrected chi connectivity index (χ0v) is 21.4. The van der Waals surface area contributed by atoms with Crippen LogP contribution < -0.4 is 9.47 Å². The Balaban J connectivity index is 1.74. The van der Waals surface area contributed by atoms with Crippen LogP contribution >= 0.6 is 34.8 Å². The van der Waals surface area contributed by atoms with Crippen molar-refractivity contribution in [1.82, 2.24) is 10.4 Å². The largest absolute Gasteiger partial charge is 0.489 e. The summed E-state index contributed by atoms with van der Waals surface area (Å²) < 4.78 is 39.2. The third-order valence-electron chi connectivity index (χ3n) is 5.02. The minimum absolute atomic E-state index is 0.0338. The van der Waals surface area contributed by atoms with Gasteiger partial charge in [-0.2, -0.15) is 0 Å². The molecule has 0 N–H and O–H groups in total. The molecule has 0 saturated heterocycles. The predicted octanol–water partition coefficient (Wildman–Crippen LogP) is 5.44. The van der Waals surface area contributed by atoms with E-state index in [0.29, 0.717) is 39.7 Å². The second-order valence-electron chi connectivity index (χ2n) is 7.96. The maximum atomic E-state index is 11.5. The fourth-order valence-corrected chi connectivity index (χ4v) is 4.54. The monoisotopic (exact) mass is 532 g/mol. The lowest BCUT2D eigenvalue weighted by Crippen LogP contribution is -2.19. The van der Waals surface area contributed by atoms with Crippen molar-refractivity contribution in [1.29, 1.82) is 0 Å². The van der Waals surface area contributed by atoms with Crippen LogP contribution in [-0.2, 0) is 27.6 Å². The molecule has 7 nitrogen and oxygen atoms in total. The lowest BCUT2D eigenvalue weighted by Gasteiger charge is -2.27. The van der Waals surface area contributed by atoms with Crippen molar-refractivity contribution in [2.24, 2.45) is 0 Å². The van der Waals surface area contributed by atoms with E-state index in [4.69, 9.17) is 48.8 Å². The van der Waals surface area contributed by atoms with Gasteiger partial charge in [0.25, 0.3) is 0 Å². The molecule has 11 heteroatoms. The highest BCUT2D eigenvalue weighted by molar-refractivity contribution is 7.89. The zero-order chi connectivity index (χ0) is 24.2. The van der Waals surface area contributed by atoms with Crippen molar-refractivity contribution in [2.75, 3.05) is 18.7 Å². The SMILES string of the molecule is CC(C)(c1ccc(OCc2nnoc2CS(C)(=O)=O)cc1)c1cc(Cl)c(OCCCl)c(Cl)c1. The lowest BCUT2D eigenvalue weighted by molar-refractivity contribution is 0.299. The molecule has 0 aliphatic rings. The van der Waals surface area contributed by atoms with Gasteiger partial charge in [0.05, 0.1) is 15.9 Å². The van der Waals surface area contributed by atoms with Gasteiger partial charge in [0.1, 0.15) is 30.4 Å². The van der Waals surface area contributed by atoms with Crippen LogP contribution in [0.1, 0.15) is 36.4 Å². The first-order chi connectivity index (χ1) is 15.5. The maximum absolute atomic E-state index is 11.5. The number of sulfone groups is 1. The van der Waals surface area contributed by atoms with Crippen LogP contribution in [0.4, 0.5) is 0 Å². The van der Waals surface area contributed by atoms with E-state index >= 15 is 0 Å². The number of halogens is 3. The van der Waals surface area contributed by atoms with Crippen molar-refractivity contribution in [2.45, 2.75) is 31.6 Å². The van der Waals surface area contributed by atoms with E-state index in [1.807, 2.05) is 36.4 Å². The molecule has 3 aromatic rings. The van der Waals surface area contributed by atoms with Crippen molar-refractivity contribution < 1.29 is 22.4 Å². The highest BCUT2D eigenvalue weighted by Gasteiger charge is 2.26. The highest BCUT2D eigenvalue weighted by Crippen LogP contribution is 2.40. The first kappa shape index (κ1) is 25.6. The van der Waals surface area contributed by atoms with Crippen LogP contribution in [0.25, 0.3) is 0 Å². The number of aromatic nitrogens is 2. The van der Waals surface area contributed by atoms with Gasteiger partial charge < -0.3 is 14.0 Å². The minimum Gasteiger partial charge on any atom is -0.489 e. The molecule has 0 aliphatic heterocycles. The molecular formula is C22H23Cl3N2O5S. The second kappa shape index (κ2) is 10.5. The Morgan fingerprint density at radius 1 is 1.03 bits per heavy atom.